The largest absolute Gasteiger partial charge is 0.393 e. The van der Waals surface area contributed by atoms with Gasteiger partial charge < -0.3 is 14.4 Å². The van der Waals surface area contributed by atoms with Gasteiger partial charge in [0.2, 0.25) is 0 Å². The van der Waals surface area contributed by atoms with E-state index in [0.29, 0.717) is 45.7 Å². The molecule has 2 heterocycles. The van der Waals surface area contributed by atoms with E-state index in [4.69, 9.17) is 32.5 Å². The van der Waals surface area contributed by atoms with Crippen molar-refractivity contribution in [1.82, 2.24) is 10.1 Å². The summed E-state index contributed by atoms with van der Waals surface area (Å²) in [5.74, 6) is 2.06. The second-order valence-corrected chi connectivity index (χ2v) is 8.93. The van der Waals surface area contributed by atoms with Gasteiger partial charge in [0.25, 0.3) is 0 Å². The van der Waals surface area contributed by atoms with E-state index in [1.807, 2.05) is 0 Å². The van der Waals surface area contributed by atoms with Gasteiger partial charge in [-0.05, 0) is 50.4 Å². The summed E-state index contributed by atoms with van der Waals surface area (Å²) in [6, 6.07) is 0. The molecule has 5 nitrogen and oxygen atoms in total. The van der Waals surface area contributed by atoms with Crippen molar-refractivity contribution in [3.05, 3.63) is 33.8 Å². The first-order valence-electron chi connectivity index (χ1n) is 9.69. The summed E-state index contributed by atoms with van der Waals surface area (Å²) in [4.78, 5) is 4.03. The van der Waals surface area contributed by atoms with Crippen molar-refractivity contribution >= 4 is 23.2 Å². The Labute approximate surface area is 168 Å². The van der Waals surface area contributed by atoms with Crippen LogP contribution in [0.5, 0.6) is 0 Å². The number of aliphatic hydroxyl groups excluding tert-OH is 1. The van der Waals surface area contributed by atoms with Crippen LogP contribution in [-0.4, -0.2) is 27.5 Å². The Hall–Kier alpha value is -1.14. The second-order valence-electron chi connectivity index (χ2n) is 8.12. The predicted octanol–water partition coefficient (Wildman–Crippen LogP) is 4.99. The molecule has 2 aromatic rings. The van der Waals surface area contributed by atoms with Crippen molar-refractivity contribution in [2.75, 3.05) is 0 Å². The number of hydrogen-bond donors (Lipinski definition) is 1. The van der Waals surface area contributed by atoms with Crippen LogP contribution in [0.3, 0.4) is 0 Å². The van der Waals surface area contributed by atoms with Crippen molar-refractivity contribution in [3.63, 3.8) is 0 Å². The third-order valence-electron chi connectivity index (χ3n) is 6.33. The monoisotopic (exact) mass is 408 g/mol. The van der Waals surface area contributed by atoms with E-state index in [1.165, 1.54) is 0 Å². The highest BCUT2D eigenvalue weighted by Gasteiger charge is 2.42. The van der Waals surface area contributed by atoms with Gasteiger partial charge in [0.05, 0.1) is 28.9 Å². The van der Waals surface area contributed by atoms with Crippen LogP contribution in [0.15, 0.2) is 16.9 Å². The molecule has 3 aliphatic rings. The molecule has 4 atom stereocenters. The van der Waals surface area contributed by atoms with Gasteiger partial charge in [-0.2, -0.15) is 0 Å². The lowest BCUT2D eigenvalue weighted by Gasteiger charge is -2.32. The van der Waals surface area contributed by atoms with E-state index < -0.39 is 0 Å². The van der Waals surface area contributed by atoms with Gasteiger partial charge in [0.15, 0.2) is 0 Å². The third-order valence-corrected chi connectivity index (χ3v) is 6.90. The van der Waals surface area contributed by atoms with Crippen LogP contribution in [-0.2, 0) is 11.3 Å². The van der Waals surface area contributed by atoms with Gasteiger partial charge in [-0.15, -0.1) is 0 Å². The standard InChI is InChI=1S/C20H22Cl2N2O3/c21-15-7-23-8-16(22)17(15)18-14(20(27-24-18)10-1-2-10)9-26-13-5-11-3-4-12(6-13)19(11)25/h7-8,10-13,19,25H,1-6,9H2/t11-,12+,13?,19?. The Balaban J connectivity index is 1.41. The molecule has 5 rings (SSSR count). The zero-order valence-corrected chi connectivity index (χ0v) is 16.4. The van der Waals surface area contributed by atoms with E-state index >= 15 is 0 Å². The predicted molar refractivity (Wildman–Crippen MR) is 102 cm³/mol. The molecular formula is C20H22Cl2N2O3. The number of aromatic nitrogens is 2. The molecule has 2 unspecified atom stereocenters. The fraction of sp³-hybridized carbons (Fsp3) is 0.600. The van der Waals surface area contributed by atoms with Gasteiger partial charge in [-0.1, -0.05) is 28.4 Å². The highest BCUT2D eigenvalue weighted by atomic mass is 35.5. The summed E-state index contributed by atoms with van der Waals surface area (Å²) in [7, 11) is 0. The molecule has 144 valence electrons. The average molecular weight is 409 g/mol. The molecule has 3 saturated carbocycles. The second kappa shape index (κ2) is 7.03. The average Bonchev–Trinajstić information content (AvgIpc) is 3.38. The van der Waals surface area contributed by atoms with Gasteiger partial charge >= 0.3 is 0 Å². The Morgan fingerprint density at radius 3 is 2.37 bits per heavy atom. The number of fused-ring (bicyclic) bond motifs is 2. The minimum Gasteiger partial charge on any atom is -0.393 e. The van der Waals surface area contributed by atoms with Crippen molar-refractivity contribution < 1.29 is 14.4 Å². The van der Waals surface area contributed by atoms with E-state index in [1.54, 1.807) is 12.4 Å². The van der Waals surface area contributed by atoms with Gasteiger partial charge in [-0.25, -0.2) is 0 Å². The Morgan fingerprint density at radius 2 is 1.74 bits per heavy atom. The molecule has 2 aromatic heterocycles. The molecule has 0 saturated heterocycles. The Bertz CT molecular complexity index is 817. The van der Waals surface area contributed by atoms with Crippen molar-refractivity contribution in [2.24, 2.45) is 11.8 Å². The van der Waals surface area contributed by atoms with Crippen LogP contribution in [0.2, 0.25) is 10.0 Å². The smallest absolute Gasteiger partial charge is 0.145 e. The minimum atomic E-state index is -0.146. The summed E-state index contributed by atoms with van der Waals surface area (Å²) >= 11 is 12.7. The van der Waals surface area contributed by atoms with Gasteiger partial charge in [0.1, 0.15) is 11.5 Å². The molecule has 7 heteroatoms. The number of hydrogen-bond acceptors (Lipinski definition) is 5. The van der Waals surface area contributed by atoms with Crippen LogP contribution < -0.4 is 0 Å². The molecule has 27 heavy (non-hydrogen) atoms. The van der Waals surface area contributed by atoms with Crippen LogP contribution >= 0.6 is 23.2 Å². The number of rotatable bonds is 5. The number of nitrogens with zero attached hydrogens (tertiary/aromatic N) is 2. The molecule has 2 bridgehead atoms. The Morgan fingerprint density at radius 1 is 1.07 bits per heavy atom. The van der Waals surface area contributed by atoms with E-state index in [9.17, 15) is 5.11 Å². The minimum absolute atomic E-state index is 0.146. The quantitative estimate of drug-likeness (QED) is 0.754. The number of halogens is 2. The van der Waals surface area contributed by atoms with E-state index in [2.05, 4.69) is 10.1 Å². The zero-order valence-electron chi connectivity index (χ0n) is 14.9. The van der Waals surface area contributed by atoms with Crippen molar-refractivity contribution in [3.8, 4) is 11.3 Å². The number of aliphatic hydroxyl groups is 1. The molecule has 0 aromatic carbocycles. The van der Waals surface area contributed by atoms with Crippen LogP contribution in [0.25, 0.3) is 11.3 Å². The lowest BCUT2D eigenvalue weighted by atomic mass is 9.84. The van der Waals surface area contributed by atoms with Crippen LogP contribution in [0, 0.1) is 11.8 Å². The summed E-state index contributed by atoms with van der Waals surface area (Å²) in [5, 5.41) is 15.5. The SMILES string of the molecule is OC1[C@@H]2CC[C@H]1CC(OCc1c(-c3c(Cl)cncc3Cl)noc1C1CC1)C2. The highest BCUT2D eigenvalue weighted by Crippen LogP contribution is 2.47. The van der Waals surface area contributed by atoms with Crippen LogP contribution in [0.1, 0.15) is 55.8 Å². The van der Waals surface area contributed by atoms with Gasteiger partial charge in [-0.3, -0.25) is 4.98 Å². The first kappa shape index (κ1) is 17.9. The first-order chi connectivity index (χ1) is 13.1. The van der Waals surface area contributed by atoms with Crippen LogP contribution in [0.4, 0.5) is 0 Å². The fourth-order valence-corrected chi connectivity index (χ4v) is 5.28. The summed E-state index contributed by atoms with van der Waals surface area (Å²) < 4.78 is 12.0. The van der Waals surface area contributed by atoms with Crippen molar-refractivity contribution in [1.29, 1.82) is 0 Å². The molecule has 3 fully saturated rings. The van der Waals surface area contributed by atoms with E-state index in [0.717, 1.165) is 49.8 Å². The first-order valence-corrected chi connectivity index (χ1v) is 10.4. The molecule has 0 amide bonds. The van der Waals surface area contributed by atoms with Gasteiger partial charge in [0, 0.05) is 29.4 Å². The summed E-state index contributed by atoms with van der Waals surface area (Å²) in [6.07, 6.45) is 9.45. The molecule has 0 spiro atoms. The summed E-state index contributed by atoms with van der Waals surface area (Å²) in [6.45, 7) is 0.430. The fourth-order valence-electron chi connectivity index (χ4n) is 4.74. The zero-order chi connectivity index (χ0) is 18.5. The normalized spacial score (nSPS) is 30.0. The molecule has 1 N–H and O–H groups in total. The maximum Gasteiger partial charge on any atom is 0.145 e. The Kier molecular flexibility index (Phi) is 4.67. The lowest BCUT2D eigenvalue weighted by Crippen LogP contribution is -2.34. The summed E-state index contributed by atoms with van der Waals surface area (Å²) in [5.41, 5.74) is 2.26. The maximum atomic E-state index is 10.2. The van der Waals surface area contributed by atoms with Crippen molar-refractivity contribution in [2.45, 2.75) is 63.3 Å². The number of pyridine rings is 1. The topological polar surface area (TPSA) is 68.4 Å². The highest BCUT2D eigenvalue weighted by molar-refractivity contribution is 6.38. The maximum absolute atomic E-state index is 10.2. The molecule has 0 aliphatic heterocycles. The third kappa shape index (κ3) is 3.29. The molecule has 3 aliphatic carbocycles. The molecular weight excluding hydrogens is 387 g/mol. The van der Waals surface area contributed by atoms with E-state index in [-0.39, 0.29) is 12.2 Å². The number of ether oxygens (including phenoxy) is 1. The molecule has 0 radical (unpaired) electrons. The lowest BCUT2D eigenvalue weighted by molar-refractivity contribution is -0.0472.